The smallest absolute Gasteiger partial charge is 0.311 e. The van der Waals surface area contributed by atoms with Crippen molar-refractivity contribution >= 4 is 17.9 Å². The summed E-state index contributed by atoms with van der Waals surface area (Å²) in [5, 5.41) is 0. The Kier molecular flexibility index (Phi) is 37.7. The molecule has 2 atom stereocenters. The molecule has 1 rings (SSSR count). The number of likely N-dealkylation sites (tertiary alicyclic amines) is 1. The number of hydrogen-bond donors (Lipinski definition) is 0. The Morgan fingerprint density at radius 1 is 0.552 bits per heavy atom. The summed E-state index contributed by atoms with van der Waals surface area (Å²) in [7, 11) is 3.96. The number of hydrogen-bond acceptors (Lipinski definition) is 9. The Balaban J connectivity index is 2.44. The van der Waals surface area contributed by atoms with Crippen molar-refractivity contribution in [1.82, 2.24) is 9.80 Å². The molecule has 1 saturated heterocycles. The summed E-state index contributed by atoms with van der Waals surface area (Å²) in [6.07, 6.45) is 36.5. The van der Waals surface area contributed by atoms with E-state index in [0.717, 1.165) is 115 Å². The molecule has 1 unspecified atom stereocenters. The number of unbranched alkanes of at least 4 members (excludes halogenated alkanes) is 14. The van der Waals surface area contributed by atoms with Crippen molar-refractivity contribution in [2.45, 2.75) is 273 Å². The molecule has 0 spiro atoms. The second kappa shape index (κ2) is 39.9. The average molecular weight is 950 g/mol. The third kappa shape index (κ3) is 32.7. The number of esters is 3. The van der Waals surface area contributed by atoms with E-state index in [9.17, 15) is 14.4 Å². The lowest BCUT2D eigenvalue weighted by Gasteiger charge is -2.24. The van der Waals surface area contributed by atoms with Crippen molar-refractivity contribution in [3.8, 4) is 0 Å². The summed E-state index contributed by atoms with van der Waals surface area (Å²) in [5.74, 6) is 1.33. The zero-order valence-corrected chi connectivity index (χ0v) is 46.1. The number of carbonyl (C=O) groups is 3. The van der Waals surface area contributed by atoms with E-state index >= 15 is 0 Å². The van der Waals surface area contributed by atoms with Crippen molar-refractivity contribution < 1.29 is 33.3 Å². The van der Waals surface area contributed by atoms with E-state index in [2.05, 4.69) is 32.6 Å². The Morgan fingerprint density at radius 2 is 0.985 bits per heavy atom. The van der Waals surface area contributed by atoms with Gasteiger partial charge in [0.1, 0.15) is 6.10 Å². The van der Waals surface area contributed by atoms with Crippen molar-refractivity contribution in [2.24, 2.45) is 22.7 Å². The quantitative estimate of drug-likeness (QED) is 0.0336. The van der Waals surface area contributed by atoms with Crippen LogP contribution in [0.1, 0.15) is 261 Å². The van der Waals surface area contributed by atoms with Gasteiger partial charge in [-0.15, -0.1) is 0 Å². The van der Waals surface area contributed by atoms with Crippen LogP contribution in [0.25, 0.3) is 0 Å². The molecule has 0 aromatic rings. The van der Waals surface area contributed by atoms with Gasteiger partial charge in [-0.2, -0.15) is 0 Å². The van der Waals surface area contributed by atoms with Gasteiger partial charge >= 0.3 is 17.9 Å². The summed E-state index contributed by atoms with van der Waals surface area (Å²) in [5.41, 5.74) is -0.914. The molecule has 0 aromatic carbocycles. The van der Waals surface area contributed by atoms with Crippen LogP contribution in [0.5, 0.6) is 0 Å². The van der Waals surface area contributed by atoms with Crippen LogP contribution >= 0.6 is 0 Å². The zero-order chi connectivity index (χ0) is 49.6. The molecule has 0 amide bonds. The Labute approximate surface area is 415 Å². The molecule has 1 aliphatic heterocycles. The minimum absolute atomic E-state index is 0.0480. The van der Waals surface area contributed by atoms with Crippen molar-refractivity contribution in [3.63, 3.8) is 0 Å². The van der Waals surface area contributed by atoms with Gasteiger partial charge < -0.3 is 23.8 Å². The number of carbonyl (C=O) groups excluding carboxylic acids is 3. The molecule has 1 heterocycles. The van der Waals surface area contributed by atoms with E-state index in [1.54, 1.807) is 0 Å². The van der Waals surface area contributed by atoms with Crippen LogP contribution in [-0.4, -0.2) is 100 Å². The van der Waals surface area contributed by atoms with Crippen LogP contribution in [0.4, 0.5) is 0 Å². The first kappa shape index (κ1) is 63.3. The maximum Gasteiger partial charge on any atom is 0.311 e. The fourth-order valence-electron chi connectivity index (χ4n) is 9.88. The van der Waals surface area contributed by atoms with Crippen LogP contribution in [0.3, 0.4) is 0 Å². The van der Waals surface area contributed by atoms with Crippen molar-refractivity contribution in [2.75, 3.05) is 60.2 Å². The maximum atomic E-state index is 13.1. The molecule has 0 aromatic heterocycles. The van der Waals surface area contributed by atoms with Crippen molar-refractivity contribution in [1.29, 1.82) is 0 Å². The predicted octanol–water partition coefficient (Wildman–Crippen LogP) is 15.1. The second-order valence-electron chi connectivity index (χ2n) is 22.5. The topological polar surface area (TPSA) is 94.6 Å². The fraction of sp³-hybridized carbons (Fsp3) is 0.948. The number of rotatable bonds is 46. The van der Waals surface area contributed by atoms with Crippen LogP contribution in [0, 0.1) is 22.7 Å². The van der Waals surface area contributed by atoms with E-state index in [1.165, 1.54) is 116 Å². The van der Waals surface area contributed by atoms with Crippen LogP contribution in [-0.2, 0) is 33.3 Å². The van der Waals surface area contributed by atoms with Crippen molar-refractivity contribution in [3.05, 3.63) is 0 Å². The molecular weight excluding hydrogens is 837 g/mol. The van der Waals surface area contributed by atoms with Gasteiger partial charge in [-0.05, 0) is 112 Å². The maximum absolute atomic E-state index is 13.1. The summed E-state index contributed by atoms with van der Waals surface area (Å²) in [6, 6.07) is 0.239. The monoisotopic (exact) mass is 949 g/mol. The van der Waals surface area contributed by atoms with Crippen LogP contribution in [0.2, 0.25) is 0 Å². The predicted molar refractivity (Wildman–Crippen MR) is 282 cm³/mol. The first-order valence-electron chi connectivity index (χ1n) is 28.7. The molecule has 0 aliphatic carbocycles. The van der Waals surface area contributed by atoms with Gasteiger partial charge in [0, 0.05) is 32.2 Å². The lowest BCUT2D eigenvalue weighted by atomic mass is 9.87. The van der Waals surface area contributed by atoms with E-state index in [-0.39, 0.29) is 30.1 Å². The minimum atomic E-state index is -0.461. The largest absolute Gasteiger partial charge is 0.465 e. The third-order valence-electron chi connectivity index (χ3n) is 14.6. The minimum Gasteiger partial charge on any atom is -0.465 e. The molecule has 1 aliphatic rings. The molecule has 1 fully saturated rings. The fourth-order valence-corrected chi connectivity index (χ4v) is 9.88. The van der Waals surface area contributed by atoms with Crippen LogP contribution in [0.15, 0.2) is 0 Å². The third-order valence-corrected chi connectivity index (χ3v) is 14.6. The molecular formula is C58H112N2O7. The van der Waals surface area contributed by atoms with Gasteiger partial charge in [0.25, 0.3) is 0 Å². The van der Waals surface area contributed by atoms with Crippen LogP contribution < -0.4 is 0 Å². The Hall–Kier alpha value is -1.71. The second-order valence-corrected chi connectivity index (χ2v) is 22.5. The highest BCUT2D eigenvalue weighted by Crippen LogP contribution is 2.30. The lowest BCUT2D eigenvalue weighted by Crippen LogP contribution is -2.34. The molecule has 0 bridgehead atoms. The van der Waals surface area contributed by atoms with E-state index in [0.29, 0.717) is 32.8 Å². The van der Waals surface area contributed by atoms with Gasteiger partial charge in [0.2, 0.25) is 0 Å². The van der Waals surface area contributed by atoms with Gasteiger partial charge in [-0.1, -0.05) is 169 Å². The Morgan fingerprint density at radius 3 is 1.43 bits per heavy atom. The molecule has 0 radical (unpaired) electrons. The normalized spacial score (nSPS) is 15.9. The SMILES string of the molecule is CCCCCC(CCCCC)CCCOC(=O)C(C)(C)CCCCCCOCC1C[C@H](OC(=O)CCN(C)C)CN1CCCCCCC(C)(C)C(=O)OCCCC(CCCCC)CCCCC. The highest BCUT2D eigenvalue weighted by atomic mass is 16.5. The molecule has 67 heavy (non-hydrogen) atoms. The highest BCUT2D eigenvalue weighted by Gasteiger charge is 2.34. The first-order valence-corrected chi connectivity index (χ1v) is 28.7. The van der Waals surface area contributed by atoms with Gasteiger partial charge in [0.05, 0.1) is 37.1 Å². The molecule has 396 valence electrons. The standard InChI is InChI=1S/C58H112N2O7/c1-11-15-23-33-50(34-24-16-12-2)37-31-45-65-55(62)57(5,6)40-27-19-21-29-42-60-48-53(67-54(61)39-43-59(9)10)47-52(60)49-64-44-30-22-20-28-41-58(7,8)56(63)66-46-32-38-51(35-25-17-13-3)36-26-18-14-4/h50-53H,11-49H2,1-10H3/t52?,53-/m0/s1. The average Bonchev–Trinajstić information content (AvgIpc) is 3.67. The van der Waals surface area contributed by atoms with E-state index in [1.807, 2.05) is 46.7 Å². The molecule has 0 saturated carbocycles. The molecule has 0 N–H and O–H groups in total. The van der Waals surface area contributed by atoms with E-state index in [4.69, 9.17) is 18.9 Å². The summed E-state index contributed by atoms with van der Waals surface area (Å²) in [4.78, 5) is 43.2. The first-order chi connectivity index (χ1) is 32.2. The number of ether oxygens (including phenoxy) is 4. The molecule has 9 heteroatoms. The molecule has 9 nitrogen and oxygen atoms in total. The summed E-state index contributed by atoms with van der Waals surface area (Å²) in [6.45, 7) is 22.1. The van der Waals surface area contributed by atoms with Gasteiger partial charge in [0.15, 0.2) is 0 Å². The van der Waals surface area contributed by atoms with Gasteiger partial charge in [-0.3, -0.25) is 19.3 Å². The summed E-state index contributed by atoms with van der Waals surface area (Å²) >= 11 is 0. The Bertz CT molecular complexity index is 1190. The highest BCUT2D eigenvalue weighted by molar-refractivity contribution is 5.76. The zero-order valence-electron chi connectivity index (χ0n) is 46.1. The summed E-state index contributed by atoms with van der Waals surface area (Å²) < 4.78 is 23.9. The number of nitrogens with zero attached hydrogens (tertiary/aromatic N) is 2. The lowest BCUT2D eigenvalue weighted by molar-refractivity contribution is -0.155. The van der Waals surface area contributed by atoms with Gasteiger partial charge in [-0.25, -0.2) is 0 Å². The van der Waals surface area contributed by atoms with E-state index < -0.39 is 10.8 Å².